The minimum absolute atomic E-state index is 0.296. The third-order valence-corrected chi connectivity index (χ3v) is 5.50. The number of ether oxygens (including phenoxy) is 1. The van der Waals surface area contributed by atoms with Crippen molar-refractivity contribution >= 4 is 17.5 Å². The van der Waals surface area contributed by atoms with Crippen LogP contribution in [0.15, 0.2) is 66.7 Å². The summed E-state index contributed by atoms with van der Waals surface area (Å²) in [5, 5.41) is 15.7. The normalized spacial score (nSPS) is 13.0. The van der Waals surface area contributed by atoms with Gasteiger partial charge in [0, 0.05) is 29.7 Å². The second-order valence-corrected chi connectivity index (χ2v) is 8.04. The molecule has 3 aromatic rings. The number of benzene rings is 3. The standard InChI is InChI=1S/C25H27ClN2O3/c1-27-24(29)21-14-13-20(31-4)15-23(21)25(30,18-9-11-19(26)12-10-18)22-8-6-5-7-17(22)16-28(2)3/h5-15,30H,16H2,1-4H3,(H,27,29). The van der Waals surface area contributed by atoms with E-state index in [1.54, 1.807) is 56.6 Å². The number of nitrogens with zero attached hydrogens (tertiary/aromatic N) is 1. The number of aliphatic hydroxyl groups is 1. The van der Waals surface area contributed by atoms with Crippen molar-refractivity contribution in [3.8, 4) is 5.75 Å². The van der Waals surface area contributed by atoms with Gasteiger partial charge in [-0.25, -0.2) is 0 Å². The lowest BCUT2D eigenvalue weighted by atomic mass is 9.76. The Hall–Kier alpha value is -2.86. The van der Waals surface area contributed by atoms with Gasteiger partial charge in [-0.15, -0.1) is 0 Å². The molecule has 0 aliphatic heterocycles. The van der Waals surface area contributed by atoms with E-state index in [1.807, 2.05) is 43.3 Å². The summed E-state index contributed by atoms with van der Waals surface area (Å²) in [6.07, 6.45) is 0. The summed E-state index contributed by atoms with van der Waals surface area (Å²) in [6.45, 7) is 0.616. The highest BCUT2D eigenvalue weighted by Crippen LogP contribution is 2.42. The molecule has 3 aromatic carbocycles. The highest BCUT2D eigenvalue weighted by Gasteiger charge is 2.39. The molecule has 1 unspecified atom stereocenters. The Kier molecular flexibility index (Phi) is 7.01. The molecule has 1 amide bonds. The molecular formula is C25H27ClN2O3. The summed E-state index contributed by atoms with van der Waals surface area (Å²) >= 11 is 6.13. The van der Waals surface area contributed by atoms with Crippen LogP contribution >= 0.6 is 11.6 Å². The largest absolute Gasteiger partial charge is 0.497 e. The minimum atomic E-state index is -1.62. The van der Waals surface area contributed by atoms with Crippen LogP contribution < -0.4 is 10.1 Å². The lowest BCUT2D eigenvalue weighted by Gasteiger charge is -2.34. The SMILES string of the molecule is CNC(=O)c1ccc(OC)cc1C(O)(c1ccc(Cl)cc1)c1ccccc1CN(C)C. The van der Waals surface area contributed by atoms with E-state index in [0.29, 0.717) is 39.6 Å². The van der Waals surface area contributed by atoms with E-state index in [1.165, 1.54) is 0 Å². The van der Waals surface area contributed by atoms with Crippen molar-refractivity contribution in [2.45, 2.75) is 12.1 Å². The molecule has 0 aliphatic rings. The van der Waals surface area contributed by atoms with Crippen molar-refractivity contribution < 1.29 is 14.6 Å². The molecule has 0 saturated carbocycles. The molecule has 162 valence electrons. The van der Waals surface area contributed by atoms with Crippen LogP contribution in [0.1, 0.15) is 32.6 Å². The molecule has 31 heavy (non-hydrogen) atoms. The Morgan fingerprint density at radius 2 is 1.74 bits per heavy atom. The highest BCUT2D eigenvalue weighted by atomic mass is 35.5. The lowest BCUT2D eigenvalue weighted by Crippen LogP contribution is -2.34. The number of nitrogens with one attached hydrogen (secondary N) is 1. The molecule has 0 bridgehead atoms. The zero-order valence-electron chi connectivity index (χ0n) is 18.1. The predicted molar refractivity (Wildman–Crippen MR) is 124 cm³/mol. The fourth-order valence-corrected chi connectivity index (χ4v) is 3.91. The third-order valence-electron chi connectivity index (χ3n) is 5.24. The molecule has 0 aromatic heterocycles. The van der Waals surface area contributed by atoms with Crippen molar-refractivity contribution in [3.63, 3.8) is 0 Å². The first-order valence-electron chi connectivity index (χ1n) is 9.93. The van der Waals surface area contributed by atoms with Gasteiger partial charge < -0.3 is 20.1 Å². The van der Waals surface area contributed by atoms with E-state index in [4.69, 9.17) is 16.3 Å². The van der Waals surface area contributed by atoms with Gasteiger partial charge in [0.05, 0.1) is 7.11 Å². The Labute approximate surface area is 188 Å². The molecule has 0 spiro atoms. The molecule has 1 atom stereocenters. The average Bonchev–Trinajstić information content (AvgIpc) is 2.78. The number of carbonyl (C=O) groups excluding carboxylic acids is 1. The van der Waals surface area contributed by atoms with Crippen molar-refractivity contribution in [1.82, 2.24) is 10.2 Å². The van der Waals surface area contributed by atoms with Gasteiger partial charge in [0.2, 0.25) is 0 Å². The molecular weight excluding hydrogens is 412 g/mol. The lowest BCUT2D eigenvalue weighted by molar-refractivity contribution is 0.0938. The van der Waals surface area contributed by atoms with Crippen molar-refractivity contribution in [2.24, 2.45) is 0 Å². The predicted octanol–water partition coefficient (Wildman–Crippen LogP) is 4.05. The second kappa shape index (κ2) is 9.52. The fraction of sp³-hybridized carbons (Fsp3) is 0.240. The van der Waals surface area contributed by atoms with Crippen LogP contribution in [0.2, 0.25) is 5.02 Å². The summed E-state index contributed by atoms with van der Waals surface area (Å²) < 4.78 is 5.43. The summed E-state index contributed by atoms with van der Waals surface area (Å²) in [7, 11) is 7.07. The molecule has 0 saturated heterocycles. The van der Waals surface area contributed by atoms with E-state index in [2.05, 4.69) is 5.32 Å². The highest BCUT2D eigenvalue weighted by molar-refractivity contribution is 6.30. The first kappa shape index (κ1) is 22.8. The Bertz CT molecular complexity index is 1070. The van der Waals surface area contributed by atoms with Gasteiger partial charge in [0.25, 0.3) is 5.91 Å². The zero-order chi connectivity index (χ0) is 22.6. The van der Waals surface area contributed by atoms with Crippen molar-refractivity contribution in [3.05, 3.63) is 99.6 Å². The maximum absolute atomic E-state index is 12.8. The molecule has 3 rings (SSSR count). The van der Waals surface area contributed by atoms with Crippen LogP contribution in [0.25, 0.3) is 0 Å². The van der Waals surface area contributed by atoms with Gasteiger partial charge in [-0.1, -0.05) is 48.0 Å². The van der Waals surface area contributed by atoms with Crippen molar-refractivity contribution in [2.75, 3.05) is 28.3 Å². The smallest absolute Gasteiger partial charge is 0.251 e. The van der Waals surface area contributed by atoms with Crippen LogP contribution in [-0.4, -0.2) is 44.2 Å². The van der Waals surface area contributed by atoms with E-state index >= 15 is 0 Å². The first-order valence-corrected chi connectivity index (χ1v) is 10.3. The second-order valence-electron chi connectivity index (χ2n) is 7.60. The van der Waals surface area contributed by atoms with Crippen molar-refractivity contribution in [1.29, 1.82) is 0 Å². The minimum Gasteiger partial charge on any atom is -0.497 e. The van der Waals surface area contributed by atoms with Gasteiger partial charge in [-0.05, 0) is 61.1 Å². The topological polar surface area (TPSA) is 61.8 Å². The average molecular weight is 439 g/mol. The summed E-state index contributed by atoms with van der Waals surface area (Å²) in [5.41, 5.74) is 1.40. The van der Waals surface area contributed by atoms with Gasteiger partial charge >= 0.3 is 0 Å². The number of halogens is 1. The summed E-state index contributed by atoms with van der Waals surface area (Å²) in [5.74, 6) is 0.246. The van der Waals surface area contributed by atoms with Gasteiger partial charge in [-0.2, -0.15) is 0 Å². The van der Waals surface area contributed by atoms with Gasteiger partial charge in [-0.3, -0.25) is 4.79 Å². The van der Waals surface area contributed by atoms with E-state index in [9.17, 15) is 9.90 Å². The third kappa shape index (κ3) is 4.59. The monoisotopic (exact) mass is 438 g/mol. The molecule has 2 N–H and O–H groups in total. The Balaban J connectivity index is 2.40. The quantitative estimate of drug-likeness (QED) is 0.546. The Morgan fingerprint density at radius 3 is 2.35 bits per heavy atom. The molecule has 0 aliphatic carbocycles. The van der Waals surface area contributed by atoms with E-state index < -0.39 is 5.60 Å². The number of hydrogen-bond donors (Lipinski definition) is 2. The number of rotatable bonds is 7. The van der Waals surface area contributed by atoms with Gasteiger partial charge in [0.15, 0.2) is 0 Å². The van der Waals surface area contributed by atoms with Crippen LogP contribution in [0.5, 0.6) is 5.75 Å². The van der Waals surface area contributed by atoms with Crippen LogP contribution in [-0.2, 0) is 12.1 Å². The van der Waals surface area contributed by atoms with E-state index in [0.717, 1.165) is 5.56 Å². The molecule has 0 radical (unpaired) electrons. The van der Waals surface area contributed by atoms with Crippen LogP contribution in [0.3, 0.4) is 0 Å². The van der Waals surface area contributed by atoms with Crippen LogP contribution in [0, 0.1) is 0 Å². The van der Waals surface area contributed by atoms with Crippen LogP contribution in [0.4, 0.5) is 0 Å². The maximum Gasteiger partial charge on any atom is 0.251 e. The Morgan fingerprint density at radius 1 is 1.06 bits per heavy atom. The summed E-state index contributed by atoms with van der Waals surface area (Å²) in [6, 6.07) is 19.8. The molecule has 0 heterocycles. The first-order chi connectivity index (χ1) is 14.8. The molecule has 0 fully saturated rings. The number of methoxy groups -OCH3 is 1. The summed E-state index contributed by atoms with van der Waals surface area (Å²) in [4.78, 5) is 14.8. The molecule has 5 nitrogen and oxygen atoms in total. The number of hydrogen-bond acceptors (Lipinski definition) is 4. The zero-order valence-corrected chi connectivity index (χ0v) is 18.9. The number of carbonyl (C=O) groups is 1. The van der Waals surface area contributed by atoms with Gasteiger partial charge in [0.1, 0.15) is 11.4 Å². The van der Waals surface area contributed by atoms with E-state index in [-0.39, 0.29) is 5.91 Å². The maximum atomic E-state index is 12.8. The fourth-order valence-electron chi connectivity index (χ4n) is 3.78. The molecule has 6 heteroatoms. The number of amides is 1.